The summed E-state index contributed by atoms with van der Waals surface area (Å²) in [6.07, 6.45) is 0.395. The monoisotopic (exact) mass is 535 g/mol. The van der Waals surface area contributed by atoms with Gasteiger partial charge in [-0.15, -0.1) is 0 Å². The Morgan fingerprint density at radius 3 is 2.12 bits per heavy atom. The lowest BCUT2D eigenvalue weighted by Crippen LogP contribution is -2.39. The summed E-state index contributed by atoms with van der Waals surface area (Å²) in [6.45, 7) is 7.68. The standard InChI is InChI=1S/C28H30BrN3OS/c1-3-31(4-2)17-18-32(28-30-25-16-15-23(29)19-26(25)34-28)27(33)20-24(21-11-7-5-8-12-21)22-13-9-6-10-14-22/h5-16,19,24H,3-4,17-18,20H2,1-2H3. The fraction of sp³-hybridized carbons (Fsp3) is 0.286. The molecule has 0 saturated carbocycles. The fourth-order valence-corrected chi connectivity index (χ4v) is 5.75. The van der Waals surface area contributed by atoms with Gasteiger partial charge in [-0.25, -0.2) is 4.98 Å². The number of aromatic nitrogens is 1. The molecule has 0 radical (unpaired) electrons. The molecule has 1 aromatic heterocycles. The fourth-order valence-electron chi connectivity index (χ4n) is 4.19. The molecule has 4 nitrogen and oxygen atoms in total. The summed E-state index contributed by atoms with van der Waals surface area (Å²) < 4.78 is 2.09. The van der Waals surface area contributed by atoms with E-state index in [-0.39, 0.29) is 11.8 Å². The second-order valence-electron chi connectivity index (χ2n) is 8.26. The third-order valence-electron chi connectivity index (χ3n) is 6.19. The largest absolute Gasteiger partial charge is 0.302 e. The van der Waals surface area contributed by atoms with Crippen LogP contribution in [-0.4, -0.2) is 42.0 Å². The van der Waals surface area contributed by atoms with Gasteiger partial charge in [0, 0.05) is 29.9 Å². The van der Waals surface area contributed by atoms with Gasteiger partial charge in [-0.3, -0.25) is 9.69 Å². The Bertz CT molecular complexity index is 1170. The van der Waals surface area contributed by atoms with Crippen LogP contribution in [0.2, 0.25) is 0 Å². The number of amides is 1. The smallest absolute Gasteiger partial charge is 0.229 e. The minimum atomic E-state index is -0.00521. The molecule has 0 saturated heterocycles. The molecule has 0 aliphatic heterocycles. The van der Waals surface area contributed by atoms with Crippen molar-refractivity contribution in [3.63, 3.8) is 0 Å². The van der Waals surface area contributed by atoms with Crippen LogP contribution in [0, 0.1) is 0 Å². The molecule has 34 heavy (non-hydrogen) atoms. The van der Waals surface area contributed by atoms with E-state index in [0.717, 1.165) is 50.6 Å². The number of hydrogen-bond donors (Lipinski definition) is 0. The summed E-state index contributed by atoms with van der Waals surface area (Å²) in [5, 5.41) is 0.769. The summed E-state index contributed by atoms with van der Waals surface area (Å²) in [4.78, 5) is 23.0. The number of benzene rings is 3. The third kappa shape index (κ3) is 5.93. The normalized spacial score (nSPS) is 11.4. The molecule has 0 unspecified atom stereocenters. The highest BCUT2D eigenvalue weighted by molar-refractivity contribution is 9.10. The molecule has 4 rings (SSSR count). The summed E-state index contributed by atoms with van der Waals surface area (Å²) in [6, 6.07) is 26.7. The summed E-state index contributed by atoms with van der Waals surface area (Å²) in [5.74, 6) is 0.0948. The molecule has 6 heteroatoms. The predicted molar refractivity (Wildman–Crippen MR) is 147 cm³/mol. The molecule has 0 N–H and O–H groups in total. The van der Waals surface area contributed by atoms with Crippen LogP contribution in [0.4, 0.5) is 5.13 Å². The zero-order chi connectivity index (χ0) is 23.9. The number of rotatable bonds is 10. The van der Waals surface area contributed by atoms with Gasteiger partial charge in [0.15, 0.2) is 5.13 Å². The molecule has 0 atom stereocenters. The van der Waals surface area contributed by atoms with Gasteiger partial charge in [-0.1, -0.05) is 102 Å². The Labute approximate surface area is 214 Å². The SMILES string of the molecule is CCN(CC)CCN(C(=O)CC(c1ccccc1)c1ccccc1)c1nc2ccc(Br)cc2s1. The van der Waals surface area contributed by atoms with Crippen molar-refractivity contribution in [2.45, 2.75) is 26.2 Å². The number of carbonyl (C=O) groups is 1. The maximum Gasteiger partial charge on any atom is 0.229 e. The predicted octanol–water partition coefficient (Wildman–Crippen LogP) is 6.96. The highest BCUT2D eigenvalue weighted by atomic mass is 79.9. The molecular formula is C28H30BrN3OS. The zero-order valence-electron chi connectivity index (χ0n) is 19.7. The molecule has 0 bridgehead atoms. The van der Waals surface area contributed by atoms with E-state index in [1.54, 1.807) is 11.3 Å². The van der Waals surface area contributed by atoms with Crippen molar-refractivity contribution in [2.24, 2.45) is 0 Å². The second kappa shape index (κ2) is 11.7. The minimum absolute atomic E-state index is 0.00521. The molecular weight excluding hydrogens is 506 g/mol. The van der Waals surface area contributed by atoms with Crippen molar-refractivity contribution in [1.82, 2.24) is 9.88 Å². The highest BCUT2D eigenvalue weighted by Crippen LogP contribution is 2.33. The maximum absolute atomic E-state index is 13.9. The molecule has 1 heterocycles. The van der Waals surface area contributed by atoms with Crippen LogP contribution in [0.25, 0.3) is 10.2 Å². The van der Waals surface area contributed by atoms with E-state index in [2.05, 4.69) is 65.0 Å². The first-order valence-corrected chi connectivity index (χ1v) is 13.4. The lowest BCUT2D eigenvalue weighted by Gasteiger charge is -2.26. The van der Waals surface area contributed by atoms with E-state index in [4.69, 9.17) is 4.98 Å². The van der Waals surface area contributed by atoms with Gasteiger partial charge in [-0.2, -0.15) is 0 Å². The Hall–Kier alpha value is -2.54. The molecule has 0 spiro atoms. The number of carbonyl (C=O) groups excluding carboxylic acids is 1. The Morgan fingerprint density at radius 2 is 1.53 bits per heavy atom. The molecule has 3 aromatic carbocycles. The van der Waals surface area contributed by atoms with E-state index in [1.807, 2.05) is 53.4 Å². The molecule has 0 aliphatic carbocycles. The van der Waals surface area contributed by atoms with Crippen molar-refractivity contribution < 1.29 is 4.79 Å². The number of hydrogen-bond acceptors (Lipinski definition) is 4. The van der Waals surface area contributed by atoms with Crippen molar-refractivity contribution in [3.8, 4) is 0 Å². The van der Waals surface area contributed by atoms with Crippen LogP contribution in [0.15, 0.2) is 83.3 Å². The average Bonchev–Trinajstić information content (AvgIpc) is 3.29. The zero-order valence-corrected chi connectivity index (χ0v) is 22.1. The lowest BCUT2D eigenvalue weighted by molar-refractivity contribution is -0.118. The van der Waals surface area contributed by atoms with E-state index < -0.39 is 0 Å². The van der Waals surface area contributed by atoms with Crippen LogP contribution in [0.3, 0.4) is 0 Å². The summed E-state index contributed by atoms with van der Waals surface area (Å²) in [5.41, 5.74) is 3.23. The summed E-state index contributed by atoms with van der Waals surface area (Å²) in [7, 11) is 0. The first-order chi connectivity index (χ1) is 16.6. The van der Waals surface area contributed by atoms with Crippen LogP contribution in [-0.2, 0) is 4.79 Å². The first kappa shape index (κ1) is 24.6. The molecule has 0 fully saturated rings. The maximum atomic E-state index is 13.9. The van der Waals surface area contributed by atoms with E-state index in [0.29, 0.717) is 13.0 Å². The second-order valence-corrected chi connectivity index (χ2v) is 10.2. The van der Waals surface area contributed by atoms with Crippen molar-refractivity contribution in [3.05, 3.63) is 94.5 Å². The van der Waals surface area contributed by atoms with Crippen molar-refractivity contribution in [2.75, 3.05) is 31.1 Å². The van der Waals surface area contributed by atoms with Gasteiger partial charge in [-0.05, 0) is 42.4 Å². The molecule has 0 aliphatic rings. The van der Waals surface area contributed by atoms with Gasteiger partial charge in [0.25, 0.3) is 0 Å². The topological polar surface area (TPSA) is 36.4 Å². The number of fused-ring (bicyclic) bond motifs is 1. The number of thiazole rings is 1. The van der Waals surface area contributed by atoms with Crippen LogP contribution >= 0.6 is 27.3 Å². The van der Waals surface area contributed by atoms with Crippen LogP contribution in [0.1, 0.15) is 37.3 Å². The Morgan fingerprint density at radius 1 is 0.912 bits per heavy atom. The Balaban J connectivity index is 1.66. The van der Waals surface area contributed by atoms with E-state index in [1.165, 1.54) is 0 Å². The number of nitrogens with zero attached hydrogens (tertiary/aromatic N) is 3. The summed E-state index contributed by atoms with van der Waals surface area (Å²) >= 11 is 5.13. The average molecular weight is 537 g/mol. The van der Waals surface area contributed by atoms with Crippen molar-refractivity contribution >= 4 is 48.5 Å². The van der Waals surface area contributed by atoms with Crippen molar-refractivity contribution in [1.29, 1.82) is 0 Å². The van der Waals surface area contributed by atoms with E-state index >= 15 is 0 Å². The number of anilines is 1. The number of likely N-dealkylation sites (N-methyl/N-ethyl adjacent to an activating group) is 1. The quantitative estimate of drug-likeness (QED) is 0.220. The van der Waals surface area contributed by atoms with E-state index in [9.17, 15) is 4.79 Å². The lowest BCUT2D eigenvalue weighted by atomic mass is 9.88. The third-order valence-corrected chi connectivity index (χ3v) is 7.72. The van der Waals surface area contributed by atoms with Crippen LogP contribution in [0.5, 0.6) is 0 Å². The minimum Gasteiger partial charge on any atom is -0.302 e. The van der Waals surface area contributed by atoms with Gasteiger partial charge in [0.2, 0.25) is 5.91 Å². The number of halogens is 1. The van der Waals surface area contributed by atoms with Gasteiger partial charge in [0.1, 0.15) is 0 Å². The van der Waals surface area contributed by atoms with Gasteiger partial charge in [0.05, 0.1) is 10.2 Å². The molecule has 1 amide bonds. The van der Waals surface area contributed by atoms with Gasteiger partial charge < -0.3 is 4.90 Å². The molecule has 4 aromatic rings. The first-order valence-electron chi connectivity index (χ1n) is 11.8. The Kier molecular flexibility index (Phi) is 8.48. The molecule has 176 valence electrons. The van der Waals surface area contributed by atoms with Crippen LogP contribution < -0.4 is 4.90 Å². The highest BCUT2D eigenvalue weighted by Gasteiger charge is 2.25. The van der Waals surface area contributed by atoms with Gasteiger partial charge >= 0.3 is 0 Å².